The molecule has 1 aliphatic rings. The van der Waals surface area contributed by atoms with Gasteiger partial charge in [-0.2, -0.15) is 5.26 Å². The van der Waals surface area contributed by atoms with Crippen molar-refractivity contribution in [3.63, 3.8) is 0 Å². The number of ether oxygens (including phenoxy) is 1. The molecular weight excluding hydrogens is 226 g/mol. The summed E-state index contributed by atoms with van der Waals surface area (Å²) in [5.74, 6) is 0. The summed E-state index contributed by atoms with van der Waals surface area (Å²) in [5.41, 5.74) is -2.33. The molecule has 0 saturated carbocycles. The number of aliphatic hydroxyl groups excluding tert-OH is 1. The van der Waals surface area contributed by atoms with E-state index in [9.17, 15) is 9.59 Å². The molecule has 0 spiro atoms. The topological polar surface area (TPSA) is 108 Å². The summed E-state index contributed by atoms with van der Waals surface area (Å²) in [6.07, 6.45) is 1.46. The predicted octanol–water partition coefficient (Wildman–Crippen LogP) is -0.900. The third-order valence-corrected chi connectivity index (χ3v) is 2.78. The van der Waals surface area contributed by atoms with Gasteiger partial charge in [-0.1, -0.05) is 0 Å². The summed E-state index contributed by atoms with van der Waals surface area (Å²) < 4.78 is 6.59. The van der Waals surface area contributed by atoms with E-state index in [1.807, 2.05) is 6.07 Å². The van der Waals surface area contributed by atoms with Crippen molar-refractivity contribution in [2.45, 2.75) is 24.7 Å². The number of nitrogens with one attached hydrogen (secondary N) is 1. The average Bonchev–Trinajstić information content (AvgIpc) is 2.74. The summed E-state index contributed by atoms with van der Waals surface area (Å²) in [5, 5.41) is 18.0. The molecule has 0 unspecified atom stereocenters. The maximum absolute atomic E-state index is 11.5. The van der Waals surface area contributed by atoms with Crippen molar-refractivity contribution in [3.05, 3.63) is 33.1 Å². The Morgan fingerprint density at radius 2 is 2.47 bits per heavy atom. The normalized spacial score (nSPS) is 27.9. The van der Waals surface area contributed by atoms with Crippen molar-refractivity contribution in [3.8, 4) is 6.07 Å². The molecule has 1 aromatic rings. The maximum Gasteiger partial charge on any atom is 0.330 e. The van der Waals surface area contributed by atoms with Crippen molar-refractivity contribution < 1.29 is 9.84 Å². The van der Waals surface area contributed by atoms with Crippen LogP contribution in [0.3, 0.4) is 0 Å². The van der Waals surface area contributed by atoms with Gasteiger partial charge in [0.2, 0.25) is 0 Å². The molecule has 0 amide bonds. The van der Waals surface area contributed by atoms with Gasteiger partial charge in [-0.3, -0.25) is 14.3 Å². The van der Waals surface area contributed by atoms with Crippen LogP contribution >= 0.6 is 0 Å². The molecule has 90 valence electrons. The molecule has 1 aliphatic heterocycles. The lowest BCUT2D eigenvalue weighted by Crippen LogP contribution is -2.35. The number of nitrogens with zero attached hydrogens (tertiary/aromatic N) is 2. The Balaban J connectivity index is 2.30. The van der Waals surface area contributed by atoms with Crippen molar-refractivity contribution in [1.82, 2.24) is 9.55 Å². The molecule has 7 nitrogen and oxygen atoms in total. The predicted molar refractivity (Wildman–Crippen MR) is 56.1 cm³/mol. The minimum Gasteiger partial charge on any atom is -0.392 e. The number of hydrogen-bond acceptors (Lipinski definition) is 5. The van der Waals surface area contributed by atoms with Crippen LogP contribution in [0.4, 0.5) is 0 Å². The minimum atomic E-state index is -1.25. The molecule has 7 heteroatoms. The molecule has 17 heavy (non-hydrogen) atoms. The van der Waals surface area contributed by atoms with E-state index in [0.29, 0.717) is 12.8 Å². The fourth-order valence-electron chi connectivity index (χ4n) is 1.82. The maximum atomic E-state index is 11.5. The van der Waals surface area contributed by atoms with Gasteiger partial charge in [-0.25, -0.2) is 4.79 Å². The highest BCUT2D eigenvalue weighted by Crippen LogP contribution is 2.34. The van der Waals surface area contributed by atoms with E-state index in [4.69, 9.17) is 15.1 Å². The van der Waals surface area contributed by atoms with Gasteiger partial charge in [0.05, 0.1) is 6.61 Å². The van der Waals surface area contributed by atoms with E-state index in [1.54, 1.807) is 0 Å². The van der Waals surface area contributed by atoms with E-state index in [2.05, 4.69) is 4.98 Å². The average molecular weight is 237 g/mol. The molecule has 0 aliphatic carbocycles. The van der Waals surface area contributed by atoms with Crippen molar-refractivity contribution in [1.29, 1.82) is 5.26 Å². The van der Waals surface area contributed by atoms with Crippen LogP contribution in [-0.4, -0.2) is 26.9 Å². The van der Waals surface area contributed by atoms with E-state index in [1.165, 1.54) is 16.8 Å². The van der Waals surface area contributed by atoms with Gasteiger partial charge in [0.25, 0.3) is 5.56 Å². The second-order valence-corrected chi connectivity index (χ2v) is 3.89. The zero-order chi connectivity index (χ0) is 12.5. The minimum absolute atomic E-state index is 0.343. The van der Waals surface area contributed by atoms with Crippen molar-refractivity contribution >= 4 is 0 Å². The molecule has 1 aromatic heterocycles. The summed E-state index contributed by atoms with van der Waals surface area (Å²) in [6, 6.07) is 3.10. The van der Waals surface area contributed by atoms with E-state index < -0.39 is 29.7 Å². The molecule has 2 N–H and O–H groups in total. The summed E-state index contributed by atoms with van der Waals surface area (Å²) in [7, 11) is 0. The van der Waals surface area contributed by atoms with Gasteiger partial charge in [-0.05, 0) is 12.8 Å². The molecule has 1 fully saturated rings. The van der Waals surface area contributed by atoms with E-state index >= 15 is 0 Å². The monoisotopic (exact) mass is 237 g/mol. The largest absolute Gasteiger partial charge is 0.392 e. The highest BCUT2D eigenvalue weighted by molar-refractivity contribution is 5.05. The third kappa shape index (κ3) is 2.00. The number of H-pyrrole nitrogens is 1. The van der Waals surface area contributed by atoms with Gasteiger partial charge >= 0.3 is 5.69 Å². The molecule has 0 bridgehead atoms. The first kappa shape index (κ1) is 11.6. The lowest BCUT2D eigenvalue weighted by Gasteiger charge is -2.19. The Hall–Kier alpha value is -1.91. The lowest BCUT2D eigenvalue weighted by atomic mass is 10.0. The molecule has 2 rings (SSSR count). The Labute approximate surface area is 95.9 Å². The molecule has 0 aromatic carbocycles. The van der Waals surface area contributed by atoms with Crippen LogP contribution in [0.2, 0.25) is 0 Å². The summed E-state index contributed by atoms with van der Waals surface area (Å²) in [4.78, 5) is 24.5. The molecule has 2 atom stereocenters. The molecule has 2 heterocycles. The summed E-state index contributed by atoms with van der Waals surface area (Å²) in [6.45, 7) is -0.419. The molecule has 0 radical (unpaired) electrons. The molecular formula is C10H11N3O4. The van der Waals surface area contributed by atoms with E-state index in [0.717, 1.165) is 0 Å². The Kier molecular flexibility index (Phi) is 2.83. The summed E-state index contributed by atoms with van der Waals surface area (Å²) >= 11 is 0. The van der Waals surface area contributed by atoms with Crippen LogP contribution in [0, 0.1) is 11.3 Å². The van der Waals surface area contributed by atoms with Crippen LogP contribution < -0.4 is 11.2 Å². The Bertz CT molecular complexity index is 570. The van der Waals surface area contributed by atoms with Crippen LogP contribution in [0.1, 0.15) is 19.1 Å². The first-order valence-electron chi connectivity index (χ1n) is 5.12. The van der Waals surface area contributed by atoms with Gasteiger partial charge in [-0.15, -0.1) is 0 Å². The number of aromatic nitrogens is 2. The van der Waals surface area contributed by atoms with E-state index in [-0.39, 0.29) is 0 Å². The Morgan fingerprint density at radius 3 is 3.00 bits per heavy atom. The number of aliphatic hydroxyl groups is 1. The third-order valence-electron chi connectivity index (χ3n) is 2.78. The smallest absolute Gasteiger partial charge is 0.330 e. The van der Waals surface area contributed by atoms with Crippen molar-refractivity contribution in [2.24, 2.45) is 0 Å². The van der Waals surface area contributed by atoms with Gasteiger partial charge in [0, 0.05) is 12.3 Å². The number of aromatic amines is 1. The fourth-order valence-corrected chi connectivity index (χ4v) is 1.82. The molecule has 1 saturated heterocycles. The fraction of sp³-hybridized carbons (Fsp3) is 0.500. The first-order chi connectivity index (χ1) is 8.10. The number of hydrogen-bond donors (Lipinski definition) is 2. The second-order valence-electron chi connectivity index (χ2n) is 3.89. The van der Waals surface area contributed by atoms with Crippen LogP contribution in [0.25, 0.3) is 0 Å². The quantitative estimate of drug-likeness (QED) is 0.693. The second kappa shape index (κ2) is 4.16. The standard InChI is InChI=1S/C10H11N3O4/c11-5-10(6-14)3-1-8(17-10)13-4-2-7(15)12-9(13)16/h2,4,8,14H,1,3,6H2,(H,12,15,16)/t8-,10+/m1/s1. The van der Waals surface area contributed by atoms with Gasteiger partial charge in [0.1, 0.15) is 12.3 Å². The van der Waals surface area contributed by atoms with Crippen LogP contribution in [0.15, 0.2) is 21.9 Å². The van der Waals surface area contributed by atoms with Crippen LogP contribution in [0.5, 0.6) is 0 Å². The highest BCUT2D eigenvalue weighted by Gasteiger charge is 2.41. The first-order valence-corrected chi connectivity index (χ1v) is 5.12. The highest BCUT2D eigenvalue weighted by atomic mass is 16.5. The lowest BCUT2D eigenvalue weighted by molar-refractivity contribution is -0.0661. The number of nitriles is 1. The van der Waals surface area contributed by atoms with Crippen LogP contribution in [-0.2, 0) is 4.74 Å². The SMILES string of the molecule is N#C[C@]1(CO)CC[C@H](n2ccc(=O)[nH]c2=O)O1. The Morgan fingerprint density at radius 1 is 1.71 bits per heavy atom. The van der Waals surface area contributed by atoms with Gasteiger partial charge < -0.3 is 9.84 Å². The number of rotatable bonds is 2. The van der Waals surface area contributed by atoms with Crippen molar-refractivity contribution in [2.75, 3.05) is 6.61 Å². The van der Waals surface area contributed by atoms with Gasteiger partial charge in [0.15, 0.2) is 5.60 Å². The zero-order valence-electron chi connectivity index (χ0n) is 8.92. The zero-order valence-corrected chi connectivity index (χ0v) is 8.92.